The first-order chi connectivity index (χ1) is 4.87. The van der Waals surface area contributed by atoms with Gasteiger partial charge in [0.15, 0.2) is 0 Å². The molecule has 0 aromatic heterocycles. The number of alkyl halides is 2. The van der Waals surface area contributed by atoms with Crippen LogP contribution in [0.1, 0.15) is 13.3 Å². The van der Waals surface area contributed by atoms with Crippen LogP contribution >= 0.6 is 0 Å². The summed E-state index contributed by atoms with van der Waals surface area (Å²) in [5, 5.41) is 8.19. The number of aliphatic carboxylic acids is 1. The number of carboxylic acids is 1. The topological polar surface area (TPSA) is 41.7 Å². The van der Waals surface area contributed by atoms with Crippen molar-refractivity contribution < 1.29 is 18.7 Å². The maximum atomic E-state index is 12.1. The molecule has 0 aliphatic rings. The number of hydrogen-bond donors (Lipinski definition) is 1. The Bertz CT molecular complexity index is 192. The van der Waals surface area contributed by atoms with Crippen molar-refractivity contribution in [3.63, 3.8) is 0 Å². The molecule has 0 aromatic carbocycles. The third kappa shape index (κ3) is 4.25. The predicted molar refractivity (Wildman–Crippen MR) is 33.3 cm³/mol. The second kappa shape index (κ2) is 3.28. The quantitative estimate of drug-likeness (QED) is 0.639. The van der Waals surface area contributed by atoms with Gasteiger partial charge in [-0.15, -0.1) is 0 Å². The average Bonchev–Trinajstić information content (AvgIpc) is 1.80. The predicted octanol–water partition coefficient (Wildman–Crippen LogP) is 1.40. The lowest BCUT2D eigenvalue weighted by Gasteiger charge is -2.07. The van der Waals surface area contributed by atoms with E-state index in [2.05, 4.69) is 4.85 Å². The third-order valence-electron chi connectivity index (χ3n) is 0.993. The Morgan fingerprint density at radius 2 is 2.27 bits per heavy atom. The van der Waals surface area contributed by atoms with Gasteiger partial charge in [0, 0.05) is 0 Å². The van der Waals surface area contributed by atoms with E-state index < -0.39 is 24.4 Å². The molecular weight excluding hydrogens is 156 g/mol. The number of halogens is 2. The van der Waals surface area contributed by atoms with E-state index in [-0.39, 0.29) is 0 Å². The summed E-state index contributed by atoms with van der Waals surface area (Å²) in [5.74, 6) is -4.59. The summed E-state index contributed by atoms with van der Waals surface area (Å²) in [6.07, 6.45) is -0.925. The van der Waals surface area contributed by atoms with Gasteiger partial charge in [-0.3, -0.25) is 0 Å². The van der Waals surface area contributed by atoms with Crippen molar-refractivity contribution in [2.75, 3.05) is 0 Å². The Hall–Kier alpha value is -1.18. The largest absolute Gasteiger partial charge is 0.476 e. The number of rotatable bonds is 3. The highest BCUT2D eigenvalue weighted by Crippen LogP contribution is 2.20. The third-order valence-corrected chi connectivity index (χ3v) is 0.993. The zero-order valence-electron chi connectivity index (χ0n) is 5.84. The zero-order valence-corrected chi connectivity index (χ0v) is 5.84. The van der Waals surface area contributed by atoms with E-state index in [0.29, 0.717) is 6.92 Å². The minimum atomic E-state index is -3.09. The Kier molecular flexibility index (Phi) is 2.93. The molecule has 3 nitrogen and oxygen atoms in total. The summed E-state index contributed by atoms with van der Waals surface area (Å²) in [7, 11) is 0. The van der Waals surface area contributed by atoms with Crippen LogP contribution in [0.4, 0.5) is 8.78 Å². The summed E-state index contributed by atoms with van der Waals surface area (Å²) in [6, 6.07) is -1.63. The van der Waals surface area contributed by atoms with E-state index in [1.807, 2.05) is 0 Å². The molecule has 0 rings (SSSR count). The Balaban J connectivity index is 4.13. The molecule has 5 heteroatoms. The summed E-state index contributed by atoms with van der Waals surface area (Å²) >= 11 is 0. The Morgan fingerprint density at radius 3 is 2.36 bits per heavy atom. The normalized spacial score (nSPS) is 13.6. The lowest BCUT2D eigenvalue weighted by Crippen LogP contribution is -2.25. The number of carbonyl (C=O) groups is 1. The van der Waals surface area contributed by atoms with E-state index in [1.165, 1.54) is 0 Å². The zero-order chi connectivity index (χ0) is 9.07. The van der Waals surface area contributed by atoms with Crippen molar-refractivity contribution >= 4 is 5.97 Å². The molecule has 62 valence electrons. The molecule has 0 unspecified atom stereocenters. The minimum Gasteiger partial charge on any atom is -0.476 e. The monoisotopic (exact) mass is 163 g/mol. The molecule has 0 radical (unpaired) electrons. The lowest BCUT2D eigenvalue weighted by molar-refractivity contribution is -0.139. The van der Waals surface area contributed by atoms with Gasteiger partial charge in [0.05, 0.1) is 6.42 Å². The molecule has 11 heavy (non-hydrogen) atoms. The van der Waals surface area contributed by atoms with Crippen LogP contribution in [0.5, 0.6) is 0 Å². The molecule has 0 heterocycles. The molecule has 1 N–H and O–H groups in total. The van der Waals surface area contributed by atoms with Crippen LogP contribution in [0.15, 0.2) is 0 Å². The molecule has 0 saturated heterocycles. The molecule has 0 fully saturated rings. The molecule has 0 amide bonds. The van der Waals surface area contributed by atoms with Gasteiger partial charge in [0.25, 0.3) is 5.92 Å². The SMILES string of the molecule is [C-]#[N+][C@@H](CC(C)(F)F)C(=O)O. The summed E-state index contributed by atoms with van der Waals surface area (Å²) in [6.45, 7) is 6.87. The Morgan fingerprint density at radius 1 is 1.82 bits per heavy atom. The highest BCUT2D eigenvalue weighted by Gasteiger charge is 2.35. The second-order valence-electron chi connectivity index (χ2n) is 2.26. The summed E-state index contributed by atoms with van der Waals surface area (Å²) in [5.41, 5.74) is 0. The molecule has 0 bridgehead atoms. The van der Waals surface area contributed by atoms with Crippen molar-refractivity contribution in [1.29, 1.82) is 0 Å². The van der Waals surface area contributed by atoms with Crippen LogP contribution < -0.4 is 0 Å². The molecule has 1 atom stereocenters. The molecule has 0 aliphatic carbocycles. The number of nitrogens with zero attached hydrogens (tertiary/aromatic N) is 1. The molecule has 0 spiro atoms. The molecule has 0 aromatic rings. The van der Waals surface area contributed by atoms with Crippen LogP contribution in [0, 0.1) is 6.57 Å². The first-order valence-electron chi connectivity index (χ1n) is 2.84. The molecule has 0 saturated carbocycles. The maximum Gasteiger partial charge on any atom is 0.388 e. The minimum absolute atomic E-state index is 0.591. The second-order valence-corrected chi connectivity index (χ2v) is 2.26. The fourth-order valence-corrected chi connectivity index (χ4v) is 0.528. The fraction of sp³-hybridized carbons (Fsp3) is 0.667. The van der Waals surface area contributed by atoms with Gasteiger partial charge in [-0.2, -0.15) is 0 Å². The Labute approximate surface area is 62.5 Å². The van der Waals surface area contributed by atoms with Crippen molar-refractivity contribution in [3.8, 4) is 0 Å². The van der Waals surface area contributed by atoms with Gasteiger partial charge in [0.2, 0.25) is 0 Å². The van der Waals surface area contributed by atoms with Crippen molar-refractivity contribution in [3.05, 3.63) is 11.4 Å². The highest BCUT2D eigenvalue weighted by atomic mass is 19.3. The number of hydrogen-bond acceptors (Lipinski definition) is 1. The van der Waals surface area contributed by atoms with Crippen LogP contribution in [-0.2, 0) is 4.79 Å². The van der Waals surface area contributed by atoms with Gasteiger partial charge in [-0.1, -0.05) is 0 Å². The molecule has 0 aliphatic heterocycles. The molecular formula is C6H7F2NO2. The lowest BCUT2D eigenvalue weighted by atomic mass is 10.1. The van der Waals surface area contributed by atoms with E-state index in [0.717, 1.165) is 0 Å². The van der Waals surface area contributed by atoms with Gasteiger partial charge in [-0.25, -0.2) is 20.1 Å². The van der Waals surface area contributed by atoms with Crippen molar-refractivity contribution in [2.24, 2.45) is 0 Å². The smallest absolute Gasteiger partial charge is 0.388 e. The van der Waals surface area contributed by atoms with Crippen LogP contribution in [0.25, 0.3) is 4.85 Å². The standard InChI is InChI=1S/C6H7F2NO2/c1-6(7,8)3-4(9-2)5(10)11/h4H,3H2,1H3,(H,10,11)/t4-/m0/s1. The first kappa shape index (κ1) is 9.82. The van der Waals surface area contributed by atoms with Crippen molar-refractivity contribution in [1.82, 2.24) is 0 Å². The summed E-state index contributed by atoms with van der Waals surface area (Å²) in [4.78, 5) is 12.6. The number of carboxylic acid groups (broad SMARTS) is 1. The van der Waals surface area contributed by atoms with Gasteiger partial charge >= 0.3 is 12.0 Å². The average molecular weight is 163 g/mol. The first-order valence-corrected chi connectivity index (χ1v) is 2.84. The van der Waals surface area contributed by atoms with Gasteiger partial charge < -0.3 is 9.95 Å². The maximum absolute atomic E-state index is 12.1. The highest BCUT2D eigenvalue weighted by molar-refractivity contribution is 5.75. The van der Waals surface area contributed by atoms with Crippen LogP contribution in [-0.4, -0.2) is 23.0 Å². The van der Waals surface area contributed by atoms with Crippen molar-refractivity contribution in [2.45, 2.75) is 25.3 Å². The van der Waals surface area contributed by atoms with Gasteiger partial charge in [-0.05, 0) is 6.92 Å². The van der Waals surface area contributed by atoms with E-state index >= 15 is 0 Å². The summed E-state index contributed by atoms with van der Waals surface area (Å²) < 4.78 is 24.2. The fourth-order valence-electron chi connectivity index (χ4n) is 0.528. The van der Waals surface area contributed by atoms with E-state index in [4.69, 9.17) is 11.7 Å². The van der Waals surface area contributed by atoms with E-state index in [1.54, 1.807) is 0 Å². The van der Waals surface area contributed by atoms with E-state index in [9.17, 15) is 13.6 Å². The van der Waals surface area contributed by atoms with Crippen LogP contribution in [0.3, 0.4) is 0 Å². The van der Waals surface area contributed by atoms with Crippen LogP contribution in [0.2, 0.25) is 0 Å². The van der Waals surface area contributed by atoms with Gasteiger partial charge in [0.1, 0.15) is 0 Å².